The van der Waals surface area contributed by atoms with Crippen molar-refractivity contribution < 1.29 is 14.6 Å². The maximum Gasteiger partial charge on any atom is 0.256 e. The average Bonchev–Trinajstić information content (AvgIpc) is 2.96. The number of hydrogen-bond acceptors (Lipinski definition) is 6. The van der Waals surface area contributed by atoms with Gasteiger partial charge in [-0.3, -0.25) is 9.69 Å². The Bertz CT molecular complexity index is 1040. The van der Waals surface area contributed by atoms with Crippen molar-refractivity contribution in [3.8, 4) is 5.75 Å². The molecule has 0 bridgehead atoms. The van der Waals surface area contributed by atoms with Gasteiger partial charge >= 0.3 is 0 Å². The number of nitrogens with one attached hydrogen (secondary N) is 1. The summed E-state index contributed by atoms with van der Waals surface area (Å²) in [7, 11) is 2.02. The summed E-state index contributed by atoms with van der Waals surface area (Å²) >= 11 is 0. The van der Waals surface area contributed by atoms with Crippen LogP contribution in [-0.2, 0) is 13.0 Å². The maximum absolute atomic E-state index is 13.4. The van der Waals surface area contributed by atoms with E-state index in [9.17, 15) is 9.90 Å². The van der Waals surface area contributed by atoms with Crippen LogP contribution in [0.2, 0.25) is 0 Å². The molecule has 0 spiro atoms. The lowest BCUT2D eigenvalue weighted by atomic mass is 10.00. The first-order chi connectivity index (χ1) is 17.0. The fraction of sp³-hybridized carbons (Fsp3) is 0.536. The summed E-state index contributed by atoms with van der Waals surface area (Å²) in [6.45, 7) is 7.17. The highest BCUT2D eigenvalue weighted by Gasteiger charge is 2.28. The van der Waals surface area contributed by atoms with Crippen LogP contribution in [0.3, 0.4) is 0 Å². The molecule has 0 saturated carbocycles. The quantitative estimate of drug-likeness (QED) is 0.665. The van der Waals surface area contributed by atoms with Crippen LogP contribution in [0, 0.1) is 0 Å². The number of benzene rings is 2. The van der Waals surface area contributed by atoms with Crippen LogP contribution < -0.4 is 15.0 Å². The number of aliphatic hydroxyl groups excluding tert-OH is 1. The number of likely N-dealkylation sites (N-methyl/N-ethyl adjacent to an activating group) is 1. The van der Waals surface area contributed by atoms with Crippen molar-refractivity contribution in [3.63, 3.8) is 0 Å². The van der Waals surface area contributed by atoms with E-state index >= 15 is 0 Å². The van der Waals surface area contributed by atoms with E-state index < -0.39 is 6.10 Å². The highest BCUT2D eigenvalue weighted by Crippen LogP contribution is 2.30. The van der Waals surface area contributed by atoms with E-state index in [-0.39, 0.29) is 12.0 Å². The zero-order valence-corrected chi connectivity index (χ0v) is 20.9. The van der Waals surface area contributed by atoms with Gasteiger partial charge in [-0.15, -0.1) is 0 Å². The second-order valence-corrected chi connectivity index (χ2v) is 10.4. The number of fused-ring (bicyclic) bond motifs is 2. The Morgan fingerprint density at radius 2 is 1.94 bits per heavy atom. The van der Waals surface area contributed by atoms with Gasteiger partial charge in [-0.2, -0.15) is 0 Å². The predicted octanol–water partition coefficient (Wildman–Crippen LogP) is 2.52. The Balaban J connectivity index is 1.22. The largest absolute Gasteiger partial charge is 0.490 e. The first-order valence-electron chi connectivity index (χ1n) is 13.0. The van der Waals surface area contributed by atoms with Crippen molar-refractivity contribution in [3.05, 3.63) is 59.2 Å². The maximum atomic E-state index is 13.4. The minimum Gasteiger partial charge on any atom is -0.490 e. The first kappa shape index (κ1) is 24.1. The van der Waals surface area contributed by atoms with Crippen LogP contribution in [0.5, 0.6) is 5.75 Å². The number of anilines is 1. The van der Waals surface area contributed by atoms with Crippen LogP contribution in [0.25, 0.3) is 0 Å². The van der Waals surface area contributed by atoms with E-state index in [2.05, 4.69) is 46.3 Å². The van der Waals surface area contributed by atoms with Crippen LogP contribution in [0.15, 0.2) is 42.5 Å². The molecule has 2 unspecified atom stereocenters. The molecule has 0 aromatic heterocycles. The molecular weight excluding hydrogens is 440 g/mol. The highest BCUT2D eigenvalue weighted by atomic mass is 16.5. The van der Waals surface area contributed by atoms with E-state index in [0.29, 0.717) is 31.2 Å². The Labute approximate surface area is 208 Å². The number of aliphatic hydroxyl groups is 1. The number of rotatable bonds is 6. The van der Waals surface area contributed by atoms with E-state index in [1.54, 1.807) is 4.90 Å². The monoisotopic (exact) mass is 478 g/mol. The SMILES string of the molecule is CC1CC(Oc2ccc3c(c2)N(C)CCN(C[C@H](O)CN2CCc4ccccc4C2)C3=O)CCN1. The van der Waals surface area contributed by atoms with Crippen molar-refractivity contribution in [1.82, 2.24) is 15.1 Å². The van der Waals surface area contributed by atoms with E-state index in [1.165, 1.54) is 11.1 Å². The minimum atomic E-state index is -0.583. The molecule has 5 rings (SSSR count). The molecule has 7 heteroatoms. The third-order valence-electron chi connectivity index (χ3n) is 7.59. The standard InChI is InChI=1S/C28H38N4O3/c1-20-15-25(9-11-29-20)35-24-7-8-26-27(16-24)30(2)13-14-32(28(26)34)19-23(33)18-31-12-10-21-5-3-4-6-22(21)17-31/h3-8,16,20,23,25,29,33H,9-15,17-19H2,1-2H3/t20?,23-,25?/m1/s1. The molecule has 3 aliphatic rings. The summed E-state index contributed by atoms with van der Waals surface area (Å²) in [5, 5.41) is 14.4. The first-order valence-corrected chi connectivity index (χ1v) is 13.0. The molecule has 188 valence electrons. The molecule has 3 heterocycles. The summed E-state index contributed by atoms with van der Waals surface area (Å²) in [4.78, 5) is 19.7. The number of piperidine rings is 1. The molecular formula is C28H38N4O3. The topological polar surface area (TPSA) is 68.3 Å². The average molecular weight is 479 g/mol. The van der Waals surface area contributed by atoms with Crippen molar-refractivity contribution in [2.24, 2.45) is 0 Å². The predicted molar refractivity (Wildman–Crippen MR) is 138 cm³/mol. The fourth-order valence-corrected chi connectivity index (χ4v) is 5.62. The zero-order chi connectivity index (χ0) is 24.4. The number of ether oxygens (including phenoxy) is 1. The van der Waals surface area contributed by atoms with Crippen LogP contribution in [0.1, 0.15) is 41.3 Å². The fourth-order valence-electron chi connectivity index (χ4n) is 5.62. The highest BCUT2D eigenvalue weighted by molar-refractivity contribution is 6.00. The van der Waals surface area contributed by atoms with Crippen LogP contribution in [0.4, 0.5) is 5.69 Å². The molecule has 7 nitrogen and oxygen atoms in total. The normalized spacial score (nSPS) is 23.9. The van der Waals surface area contributed by atoms with E-state index in [0.717, 1.165) is 56.9 Å². The van der Waals surface area contributed by atoms with Gasteiger partial charge in [0.25, 0.3) is 5.91 Å². The van der Waals surface area contributed by atoms with Gasteiger partial charge in [0.05, 0.1) is 17.4 Å². The van der Waals surface area contributed by atoms with Gasteiger partial charge in [0.2, 0.25) is 0 Å². The second-order valence-electron chi connectivity index (χ2n) is 10.4. The Morgan fingerprint density at radius 3 is 2.77 bits per heavy atom. The van der Waals surface area contributed by atoms with Crippen molar-refractivity contribution >= 4 is 11.6 Å². The van der Waals surface area contributed by atoms with Crippen molar-refractivity contribution in [1.29, 1.82) is 0 Å². The summed E-state index contributed by atoms with van der Waals surface area (Å²) in [6.07, 6.45) is 2.60. The number of amides is 1. The Hall–Kier alpha value is -2.61. The smallest absolute Gasteiger partial charge is 0.256 e. The van der Waals surface area contributed by atoms with Gasteiger partial charge in [0, 0.05) is 58.4 Å². The molecule has 35 heavy (non-hydrogen) atoms. The second kappa shape index (κ2) is 10.6. The van der Waals surface area contributed by atoms with E-state index in [4.69, 9.17) is 4.74 Å². The lowest BCUT2D eigenvalue weighted by Crippen LogP contribution is -2.44. The molecule has 3 aliphatic heterocycles. The number of carbonyl (C=O) groups is 1. The lowest BCUT2D eigenvalue weighted by Gasteiger charge is -2.32. The molecule has 1 amide bonds. The Kier molecular flexibility index (Phi) is 7.27. The van der Waals surface area contributed by atoms with Gasteiger partial charge in [-0.1, -0.05) is 24.3 Å². The van der Waals surface area contributed by atoms with Gasteiger partial charge in [-0.05, 0) is 56.0 Å². The van der Waals surface area contributed by atoms with Gasteiger partial charge < -0.3 is 25.0 Å². The summed E-state index contributed by atoms with van der Waals surface area (Å²) in [6, 6.07) is 14.8. The van der Waals surface area contributed by atoms with Crippen LogP contribution in [-0.4, -0.2) is 85.4 Å². The van der Waals surface area contributed by atoms with Crippen molar-refractivity contribution in [2.45, 2.75) is 51.0 Å². The molecule has 0 radical (unpaired) electrons. The third kappa shape index (κ3) is 5.63. The number of carbonyl (C=O) groups excluding carboxylic acids is 1. The zero-order valence-electron chi connectivity index (χ0n) is 20.9. The number of nitrogens with zero attached hydrogens (tertiary/aromatic N) is 3. The number of hydrogen-bond donors (Lipinski definition) is 2. The number of β-amino-alcohol motifs (C(OH)–C–C–N with tert-alkyl or cyclic N) is 1. The lowest BCUT2D eigenvalue weighted by molar-refractivity contribution is 0.0521. The Morgan fingerprint density at radius 1 is 1.11 bits per heavy atom. The summed E-state index contributed by atoms with van der Waals surface area (Å²) in [5.74, 6) is 0.802. The molecule has 0 aliphatic carbocycles. The van der Waals surface area contributed by atoms with Crippen molar-refractivity contribution in [2.75, 3.05) is 51.2 Å². The minimum absolute atomic E-state index is 0.0190. The summed E-state index contributed by atoms with van der Waals surface area (Å²) < 4.78 is 6.28. The van der Waals surface area contributed by atoms with Gasteiger partial charge in [-0.25, -0.2) is 0 Å². The molecule has 2 aromatic carbocycles. The third-order valence-corrected chi connectivity index (χ3v) is 7.59. The molecule has 3 atom stereocenters. The summed E-state index contributed by atoms with van der Waals surface area (Å²) in [5.41, 5.74) is 4.32. The van der Waals surface area contributed by atoms with E-state index in [1.807, 2.05) is 25.2 Å². The molecule has 1 saturated heterocycles. The molecule has 2 N–H and O–H groups in total. The van der Waals surface area contributed by atoms with Gasteiger partial charge in [0.15, 0.2) is 0 Å². The van der Waals surface area contributed by atoms with Crippen LogP contribution >= 0.6 is 0 Å². The molecule has 2 aromatic rings. The molecule has 1 fully saturated rings. The van der Waals surface area contributed by atoms with Gasteiger partial charge in [0.1, 0.15) is 11.9 Å².